The van der Waals surface area contributed by atoms with E-state index in [2.05, 4.69) is 10.1 Å². The highest BCUT2D eigenvalue weighted by atomic mass is 31.2. The molecule has 1 aliphatic rings. The van der Waals surface area contributed by atoms with E-state index in [0.29, 0.717) is 12.0 Å². The van der Waals surface area contributed by atoms with E-state index in [1.165, 1.54) is 24.8 Å². The molecule has 1 aliphatic carbocycles. The Bertz CT molecular complexity index is 1330. The van der Waals surface area contributed by atoms with Crippen molar-refractivity contribution in [3.05, 3.63) is 80.7 Å². The second-order valence-electron chi connectivity index (χ2n) is 9.38. The molecule has 3 rings (SSSR count). The molecule has 11 nitrogen and oxygen atoms in total. The number of hydrogen-bond acceptors (Lipinski definition) is 8. The van der Waals surface area contributed by atoms with Crippen LogP contribution < -0.4 is 20.9 Å². The molecule has 0 aliphatic heterocycles. The van der Waals surface area contributed by atoms with Crippen LogP contribution in [-0.4, -0.2) is 46.5 Å². The third kappa shape index (κ3) is 7.88. The summed E-state index contributed by atoms with van der Waals surface area (Å²) in [5.41, 5.74) is 0.266. The third-order valence-electron chi connectivity index (χ3n) is 6.06. The van der Waals surface area contributed by atoms with Crippen molar-refractivity contribution in [2.75, 3.05) is 13.7 Å². The second-order valence-corrected chi connectivity index (χ2v) is 11.1. The zero-order chi connectivity index (χ0) is 27.9. The van der Waals surface area contributed by atoms with Crippen LogP contribution in [0.3, 0.4) is 0 Å². The SMILES string of the molecule is COC(=O)[C@H](C)NP(=O)(OCC1CC(n2cc(/C=C/C=C(C)C)c(=O)[nH]c2=O)CC1O)Oc1ccccc1. The number of carbonyl (C=O) groups is 1. The molecule has 1 saturated carbocycles. The van der Waals surface area contributed by atoms with Crippen molar-refractivity contribution in [1.82, 2.24) is 14.6 Å². The van der Waals surface area contributed by atoms with Crippen LogP contribution in [-0.2, 0) is 18.6 Å². The van der Waals surface area contributed by atoms with Gasteiger partial charge in [0.1, 0.15) is 11.8 Å². The highest BCUT2D eigenvalue weighted by molar-refractivity contribution is 7.52. The summed E-state index contributed by atoms with van der Waals surface area (Å²) in [4.78, 5) is 39.0. The number of para-hydroxylation sites is 1. The molecule has 4 unspecified atom stereocenters. The summed E-state index contributed by atoms with van der Waals surface area (Å²) in [7, 11) is -2.86. The minimum atomic E-state index is -4.07. The lowest BCUT2D eigenvalue weighted by atomic mass is 10.1. The van der Waals surface area contributed by atoms with E-state index in [9.17, 15) is 24.1 Å². The molecule has 1 heterocycles. The maximum atomic E-state index is 13.6. The highest BCUT2D eigenvalue weighted by Crippen LogP contribution is 2.47. The fourth-order valence-electron chi connectivity index (χ4n) is 4.09. The zero-order valence-corrected chi connectivity index (χ0v) is 22.7. The smallest absolute Gasteiger partial charge is 0.459 e. The van der Waals surface area contributed by atoms with Crippen molar-refractivity contribution in [1.29, 1.82) is 0 Å². The van der Waals surface area contributed by atoms with E-state index in [4.69, 9.17) is 13.8 Å². The fraction of sp³-hybridized carbons (Fsp3) is 0.423. The van der Waals surface area contributed by atoms with Gasteiger partial charge in [0.2, 0.25) is 0 Å². The minimum Gasteiger partial charge on any atom is -0.468 e. The van der Waals surface area contributed by atoms with Gasteiger partial charge in [-0.3, -0.25) is 23.7 Å². The van der Waals surface area contributed by atoms with Gasteiger partial charge < -0.3 is 14.4 Å². The van der Waals surface area contributed by atoms with E-state index in [1.807, 2.05) is 19.9 Å². The summed E-state index contributed by atoms with van der Waals surface area (Å²) in [5, 5.41) is 13.3. The van der Waals surface area contributed by atoms with Crippen molar-refractivity contribution in [3.63, 3.8) is 0 Å². The number of methoxy groups -OCH3 is 1. The molecule has 206 valence electrons. The first kappa shape index (κ1) is 29.3. The Hall–Kier alpha value is -3.24. The number of benzene rings is 1. The summed E-state index contributed by atoms with van der Waals surface area (Å²) in [6, 6.07) is 6.92. The molecule has 12 heteroatoms. The number of carbonyl (C=O) groups excluding carboxylic acids is 1. The number of hydrogen-bond donors (Lipinski definition) is 3. The van der Waals surface area contributed by atoms with Gasteiger partial charge in [-0.15, -0.1) is 0 Å². The summed E-state index contributed by atoms with van der Waals surface area (Å²) >= 11 is 0. The number of H-pyrrole nitrogens is 1. The molecule has 38 heavy (non-hydrogen) atoms. The van der Waals surface area contributed by atoms with Gasteiger partial charge in [-0.05, 0) is 51.8 Å². The quantitative estimate of drug-likeness (QED) is 0.219. The van der Waals surface area contributed by atoms with E-state index < -0.39 is 49.1 Å². The van der Waals surface area contributed by atoms with Crippen LogP contribution in [0.25, 0.3) is 6.08 Å². The van der Waals surface area contributed by atoms with Crippen LogP contribution in [0, 0.1) is 5.92 Å². The number of allylic oxidation sites excluding steroid dienone is 3. The van der Waals surface area contributed by atoms with Crippen LogP contribution in [0.5, 0.6) is 5.75 Å². The molecule has 0 saturated heterocycles. The Morgan fingerprint density at radius 2 is 1.97 bits per heavy atom. The van der Waals surface area contributed by atoms with Crippen molar-refractivity contribution in [2.24, 2.45) is 5.92 Å². The van der Waals surface area contributed by atoms with E-state index >= 15 is 0 Å². The molecular weight excluding hydrogens is 513 g/mol. The number of aromatic amines is 1. The van der Waals surface area contributed by atoms with Crippen LogP contribution in [0.4, 0.5) is 0 Å². The first-order valence-electron chi connectivity index (χ1n) is 12.2. The standard InChI is InChI=1S/C26H34N3O8P/c1-17(2)9-8-10-19-15-29(26(33)27-24(19)31)21-13-20(23(30)14-21)16-36-38(34,28-18(3)25(32)35-4)37-22-11-6-5-7-12-22/h5-12,15,18,20-21,23,30H,13-14,16H2,1-4H3,(H,28,34)(H,27,31,33)/b10-8+/t18-,20?,21?,23?,38?/m0/s1. The number of nitrogens with zero attached hydrogens (tertiary/aromatic N) is 1. The maximum Gasteiger partial charge on any atom is 0.459 e. The Morgan fingerprint density at radius 1 is 1.26 bits per heavy atom. The number of ether oxygens (including phenoxy) is 1. The number of esters is 1. The van der Waals surface area contributed by atoms with Gasteiger partial charge in [0, 0.05) is 18.2 Å². The molecule has 1 fully saturated rings. The lowest BCUT2D eigenvalue weighted by molar-refractivity contribution is -0.142. The molecule has 5 atom stereocenters. The largest absolute Gasteiger partial charge is 0.468 e. The molecule has 3 N–H and O–H groups in total. The van der Waals surface area contributed by atoms with E-state index in [1.54, 1.807) is 42.5 Å². The fourth-order valence-corrected chi connectivity index (χ4v) is 5.63. The second kappa shape index (κ2) is 13.0. The number of aliphatic hydroxyl groups is 1. The predicted octanol–water partition coefficient (Wildman–Crippen LogP) is 3.18. The summed E-state index contributed by atoms with van der Waals surface area (Å²) < 4.78 is 30.9. The van der Waals surface area contributed by atoms with Gasteiger partial charge in [0.25, 0.3) is 5.56 Å². The van der Waals surface area contributed by atoms with Gasteiger partial charge >= 0.3 is 19.4 Å². The number of aliphatic hydroxyl groups excluding tert-OH is 1. The molecule has 0 amide bonds. The monoisotopic (exact) mass is 547 g/mol. The first-order valence-corrected chi connectivity index (χ1v) is 13.8. The molecule has 0 spiro atoms. The van der Waals surface area contributed by atoms with Crippen LogP contribution in [0.2, 0.25) is 0 Å². The highest BCUT2D eigenvalue weighted by Gasteiger charge is 2.38. The normalized spacial score (nSPS) is 21.6. The van der Waals surface area contributed by atoms with Crippen LogP contribution in [0.15, 0.2) is 63.8 Å². The van der Waals surface area contributed by atoms with Gasteiger partial charge in [-0.25, -0.2) is 9.36 Å². The summed E-state index contributed by atoms with van der Waals surface area (Å²) in [5.74, 6) is -0.886. The van der Waals surface area contributed by atoms with Gasteiger partial charge in [-0.2, -0.15) is 5.09 Å². The van der Waals surface area contributed by atoms with Crippen molar-refractivity contribution in [2.45, 2.75) is 51.8 Å². The van der Waals surface area contributed by atoms with Crippen molar-refractivity contribution >= 4 is 19.8 Å². The predicted molar refractivity (Wildman–Crippen MR) is 143 cm³/mol. The average Bonchev–Trinajstić information content (AvgIpc) is 3.24. The molecule has 0 bridgehead atoms. The van der Waals surface area contributed by atoms with E-state index in [-0.39, 0.29) is 18.8 Å². The lowest BCUT2D eigenvalue weighted by Gasteiger charge is -2.24. The Morgan fingerprint density at radius 3 is 2.63 bits per heavy atom. The average molecular weight is 548 g/mol. The number of rotatable bonds is 11. The van der Waals surface area contributed by atoms with Crippen molar-refractivity contribution in [3.8, 4) is 5.75 Å². The molecular formula is C26H34N3O8P. The number of aromatic nitrogens is 2. The maximum absolute atomic E-state index is 13.6. The van der Waals surface area contributed by atoms with Crippen LogP contribution in [0.1, 0.15) is 45.2 Å². The molecule has 1 aromatic heterocycles. The first-order chi connectivity index (χ1) is 18.0. The van der Waals surface area contributed by atoms with Gasteiger partial charge in [0.05, 0.1) is 25.4 Å². The zero-order valence-electron chi connectivity index (χ0n) is 21.8. The molecule has 1 aromatic carbocycles. The molecule has 2 aromatic rings. The number of nitrogens with one attached hydrogen (secondary N) is 2. The third-order valence-corrected chi connectivity index (χ3v) is 7.70. The Kier molecular flexibility index (Phi) is 10.0. The van der Waals surface area contributed by atoms with Gasteiger partial charge in [0.15, 0.2) is 0 Å². The molecule has 0 radical (unpaired) electrons. The Balaban J connectivity index is 1.76. The van der Waals surface area contributed by atoms with Crippen LogP contribution >= 0.6 is 7.75 Å². The van der Waals surface area contributed by atoms with Gasteiger partial charge in [-0.1, -0.05) is 35.9 Å². The summed E-state index contributed by atoms with van der Waals surface area (Å²) in [6.07, 6.45) is 6.33. The van der Waals surface area contributed by atoms with Crippen molar-refractivity contribution < 1.29 is 28.3 Å². The summed E-state index contributed by atoms with van der Waals surface area (Å²) in [6.45, 7) is 5.14. The van der Waals surface area contributed by atoms with E-state index in [0.717, 1.165) is 5.57 Å². The Labute approximate surface area is 220 Å². The lowest BCUT2D eigenvalue weighted by Crippen LogP contribution is -2.35. The topological polar surface area (TPSA) is 149 Å². The minimum absolute atomic E-state index is 0.173.